The van der Waals surface area contributed by atoms with E-state index in [1.54, 1.807) is 6.07 Å². The van der Waals surface area contributed by atoms with E-state index >= 15 is 0 Å². The lowest BCUT2D eigenvalue weighted by atomic mass is 9.65. The lowest BCUT2D eigenvalue weighted by molar-refractivity contribution is 0.112. The van der Waals surface area contributed by atoms with Gasteiger partial charge in [-0.2, -0.15) is 0 Å². The Hall–Kier alpha value is -1.09. The van der Waals surface area contributed by atoms with Crippen LogP contribution in [-0.2, 0) is 6.42 Å². The number of ether oxygens (including phenoxy) is 1. The van der Waals surface area contributed by atoms with E-state index in [-0.39, 0.29) is 17.3 Å². The first-order valence-electron chi connectivity index (χ1n) is 7.52. The monoisotopic (exact) mass is 279 g/mol. The zero-order valence-electron chi connectivity index (χ0n) is 12.8. The number of rotatable bonds is 4. The molecule has 112 valence electrons. The van der Waals surface area contributed by atoms with Crippen LogP contribution < -0.4 is 10.5 Å². The number of benzene rings is 1. The van der Waals surface area contributed by atoms with Crippen molar-refractivity contribution in [1.29, 1.82) is 0 Å². The molecule has 0 radical (unpaired) electrons. The third-order valence-corrected chi connectivity index (χ3v) is 4.83. The summed E-state index contributed by atoms with van der Waals surface area (Å²) < 4.78 is 19.3. The molecule has 0 spiro atoms. The summed E-state index contributed by atoms with van der Waals surface area (Å²) in [4.78, 5) is 0. The molecule has 2 atom stereocenters. The molecule has 0 amide bonds. The highest BCUT2D eigenvalue weighted by Crippen LogP contribution is 2.42. The minimum absolute atomic E-state index is 0.00639. The molecular weight excluding hydrogens is 253 g/mol. The van der Waals surface area contributed by atoms with Gasteiger partial charge >= 0.3 is 0 Å². The first-order valence-corrected chi connectivity index (χ1v) is 7.52. The van der Waals surface area contributed by atoms with E-state index in [4.69, 9.17) is 10.5 Å². The maximum atomic E-state index is 14.2. The molecule has 0 aromatic heterocycles. The van der Waals surface area contributed by atoms with E-state index in [2.05, 4.69) is 13.8 Å². The molecule has 1 aromatic rings. The predicted octanol–water partition coefficient (Wildman–Crippen LogP) is 3.92. The molecule has 1 aliphatic rings. The number of methoxy groups -OCH3 is 1. The van der Waals surface area contributed by atoms with Crippen LogP contribution in [0.3, 0.4) is 0 Å². The Balaban J connectivity index is 2.13. The van der Waals surface area contributed by atoms with Gasteiger partial charge in [0.25, 0.3) is 0 Å². The van der Waals surface area contributed by atoms with Crippen LogP contribution in [0.5, 0.6) is 5.75 Å². The van der Waals surface area contributed by atoms with Gasteiger partial charge in [-0.15, -0.1) is 0 Å². The van der Waals surface area contributed by atoms with Crippen molar-refractivity contribution < 1.29 is 9.13 Å². The van der Waals surface area contributed by atoms with Crippen LogP contribution in [0.25, 0.3) is 0 Å². The second-order valence-electron chi connectivity index (χ2n) is 6.64. The highest BCUT2D eigenvalue weighted by atomic mass is 19.1. The Morgan fingerprint density at radius 3 is 2.80 bits per heavy atom. The third kappa shape index (κ3) is 3.14. The van der Waals surface area contributed by atoms with Gasteiger partial charge in [0, 0.05) is 6.04 Å². The van der Waals surface area contributed by atoms with Gasteiger partial charge in [-0.3, -0.25) is 0 Å². The van der Waals surface area contributed by atoms with E-state index in [0.29, 0.717) is 23.7 Å². The summed E-state index contributed by atoms with van der Waals surface area (Å²) in [6.07, 6.45) is 5.47. The maximum Gasteiger partial charge on any atom is 0.168 e. The van der Waals surface area contributed by atoms with E-state index in [0.717, 1.165) is 6.42 Å². The fraction of sp³-hybridized carbons (Fsp3) is 0.647. The minimum Gasteiger partial charge on any atom is -0.494 e. The van der Waals surface area contributed by atoms with E-state index in [1.807, 2.05) is 12.1 Å². The number of nitrogens with two attached hydrogens (primary N) is 1. The van der Waals surface area contributed by atoms with Crippen LogP contribution in [-0.4, -0.2) is 13.2 Å². The van der Waals surface area contributed by atoms with Crippen molar-refractivity contribution in [3.8, 4) is 5.75 Å². The molecule has 2 rings (SSSR count). The molecule has 20 heavy (non-hydrogen) atoms. The molecule has 0 bridgehead atoms. The SMILES string of the molecule is COc1cccc(CC(N)C2CCCCC2(C)C)c1F. The quantitative estimate of drug-likeness (QED) is 0.906. The third-order valence-electron chi connectivity index (χ3n) is 4.83. The Morgan fingerprint density at radius 1 is 1.40 bits per heavy atom. The average Bonchev–Trinajstić information content (AvgIpc) is 2.40. The largest absolute Gasteiger partial charge is 0.494 e. The highest BCUT2D eigenvalue weighted by Gasteiger charge is 2.36. The van der Waals surface area contributed by atoms with Gasteiger partial charge in [0.05, 0.1) is 7.11 Å². The molecule has 0 saturated heterocycles. The molecule has 3 heteroatoms. The van der Waals surface area contributed by atoms with Gasteiger partial charge in [-0.25, -0.2) is 4.39 Å². The molecule has 0 aliphatic heterocycles. The fourth-order valence-electron chi connectivity index (χ4n) is 3.58. The zero-order chi connectivity index (χ0) is 14.8. The number of hydrogen-bond acceptors (Lipinski definition) is 2. The Labute approximate surface area is 121 Å². The molecule has 1 fully saturated rings. The van der Waals surface area contributed by atoms with Crippen LogP contribution >= 0.6 is 0 Å². The molecular formula is C17H26FNO. The van der Waals surface area contributed by atoms with Crippen LogP contribution in [0.2, 0.25) is 0 Å². The Bertz CT molecular complexity index is 458. The van der Waals surface area contributed by atoms with Gasteiger partial charge < -0.3 is 10.5 Å². The van der Waals surface area contributed by atoms with E-state index in [9.17, 15) is 4.39 Å². The Kier molecular flexibility index (Phi) is 4.69. The standard InChI is InChI=1S/C17H26FNO/c1-17(2)10-5-4-8-13(17)14(19)11-12-7-6-9-15(20-3)16(12)18/h6-7,9,13-14H,4-5,8,10-11,19H2,1-3H3. The smallest absolute Gasteiger partial charge is 0.168 e. The summed E-state index contributed by atoms with van der Waals surface area (Å²) in [5, 5.41) is 0. The second kappa shape index (κ2) is 6.13. The fourth-order valence-corrected chi connectivity index (χ4v) is 3.58. The van der Waals surface area contributed by atoms with Crippen molar-refractivity contribution in [1.82, 2.24) is 0 Å². The van der Waals surface area contributed by atoms with Crippen molar-refractivity contribution in [3.05, 3.63) is 29.6 Å². The summed E-state index contributed by atoms with van der Waals surface area (Å²) in [7, 11) is 1.49. The lowest BCUT2D eigenvalue weighted by Crippen LogP contribution is -2.43. The summed E-state index contributed by atoms with van der Waals surface area (Å²) in [5.41, 5.74) is 7.33. The van der Waals surface area contributed by atoms with Crippen molar-refractivity contribution in [2.75, 3.05) is 7.11 Å². The second-order valence-corrected chi connectivity index (χ2v) is 6.64. The van der Waals surface area contributed by atoms with Crippen molar-refractivity contribution in [3.63, 3.8) is 0 Å². The van der Waals surface area contributed by atoms with Gasteiger partial charge in [0.2, 0.25) is 0 Å². The summed E-state index contributed by atoms with van der Waals surface area (Å²) in [5.74, 6) is 0.499. The normalized spacial score (nSPS) is 23.4. The van der Waals surface area contributed by atoms with Crippen LogP contribution in [0, 0.1) is 17.2 Å². The molecule has 1 aliphatic carbocycles. The zero-order valence-corrected chi connectivity index (χ0v) is 12.8. The number of hydrogen-bond donors (Lipinski definition) is 1. The molecule has 2 nitrogen and oxygen atoms in total. The molecule has 2 N–H and O–H groups in total. The van der Waals surface area contributed by atoms with Crippen LogP contribution in [0.1, 0.15) is 45.1 Å². The van der Waals surface area contributed by atoms with Crippen molar-refractivity contribution >= 4 is 0 Å². The topological polar surface area (TPSA) is 35.2 Å². The molecule has 2 unspecified atom stereocenters. The minimum atomic E-state index is -0.265. The maximum absolute atomic E-state index is 14.2. The summed E-state index contributed by atoms with van der Waals surface area (Å²) in [6, 6.07) is 5.30. The Morgan fingerprint density at radius 2 is 2.15 bits per heavy atom. The molecule has 0 heterocycles. The van der Waals surface area contributed by atoms with E-state index < -0.39 is 0 Å². The molecule has 1 aromatic carbocycles. The summed E-state index contributed by atoms with van der Waals surface area (Å²) in [6.45, 7) is 4.58. The predicted molar refractivity (Wildman–Crippen MR) is 80.4 cm³/mol. The van der Waals surface area contributed by atoms with Gasteiger partial charge in [0.1, 0.15) is 0 Å². The van der Waals surface area contributed by atoms with E-state index in [1.165, 1.54) is 26.4 Å². The van der Waals surface area contributed by atoms with Gasteiger partial charge in [-0.05, 0) is 42.2 Å². The molecule has 1 saturated carbocycles. The average molecular weight is 279 g/mol. The first-order chi connectivity index (χ1) is 9.45. The van der Waals surface area contributed by atoms with Crippen LogP contribution in [0.15, 0.2) is 18.2 Å². The van der Waals surface area contributed by atoms with Crippen molar-refractivity contribution in [2.24, 2.45) is 17.1 Å². The van der Waals surface area contributed by atoms with Crippen LogP contribution in [0.4, 0.5) is 4.39 Å². The van der Waals surface area contributed by atoms with Gasteiger partial charge in [0.15, 0.2) is 11.6 Å². The highest BCUT2D eigenvalue weighted by molar-refractivity contribution is 5.31. The lowest BCUT2D eigenvalue weighted by Gasteiger charge is -2.42. The van der Waals surface area contributed by atoms with Crippen molar-refractivity contribution in [2.45, 2.75) is 52.0 Å². The first kappa shape index (κ1) is 15.3. The summed E-state index contributed by atoms with van der Waals surface area (Å²) >= 11 is 0. The van der Waals surface area contributed by atoms with Gasteiger partial charge in [-0.1, -0.05) is 38.8 Å². The number of halogens is 1.